The summed E-state index contributed by atoms with van der Waals surface area (Å²) in [6.45, 7) is 2.49. The molecule has 2 aromatic heterocycles. The van der Waals surface area contributed by atoms with Crippen LogP contribution >= 0.6 is 0 Å². The third-order valence-electron chi connectivity index (χ3n) is 4.42. The van der Waals surface area contributed by atoms with Crippen LogP contribution in [0, 0.1) is 0 Å². The fourth-order valence-corrected chi connectivity index (χ4v) is 2.95. The van der Waals surface area contributed by atoms with Gasteiger partial charge in [0, 0.05) is 24.5 Å². The van der Waals surface area contributed by atoms with Crippen molar-refractivity contribution in [1.82, 2.24) is 30.4 Å². The smallest absolute Gasteiger partial charge is 0.328 e. The molecule has 142 valence electrons. The van der Waals surface area contributed by atoms with Gasteiger partial charge in [-0.15, -0.1) is 0 Å². The third-order valence-corrected chi connectivity index (χ3v) is 4.42. The number of fused-ring (bicyclic) bond motifs is 1. The molecule has 2 aromatic rings. The molecular weight excluding hydrogens is 352 g/mol. The quantitative estimate of drug-likeness (QED) is 0.711. The zero-order chi connectivity index (χ0) is 19.4. The summed E-state index contributed by atoms with van der Waals surface area (Å²) in [4.78, 5) is 46.2. The maximum absolute atomic E-state index is 12.5. The van der Waals surface area contributed by atoms with E-state index in [1.165, 1.54) is 25.7 Å². The summed E-state index contributed by atoms with van der Waals surface area (Å²) in [6.07, 6.45) is 5.26. The molecule has 1 atom stereocenters. The van der Waals surface area contributed by atoms with Crippen molar-refractivity contribution in [3.05, 3.63) is 41.2 Å². The van der Waals surface area contributed by atoms with Gasteiger partial charge in [0.25, 0.3) is 11.8 Å². The van der Waals surface area contributed by atoms with E-state index in [1.807, 2.05) is 0 Å². The van der Waals surface area contributed by atoms with Crippen molar-refractivity contribution in [1.29, 1.82) is 0 Å². The van der Waals surface area contributed by atoms with E-state index in [4.69, 9.17) is 0 Å². The first-order valence-electron chi connectivity index (χ1n) is 8.55. The lowest BCUT2D eigenvalue weighted by molar-refractivity contribution is -0.142. The van der Waals surface area contributed by atoms with E-state index in [-0.39, 0.29) is 17.3 Å². The number of H-pyrrole nitrogens is 1. The standard InChI is InChI=1S/C17H20N6O4/c1-3-11(17(26)27-2)20-15(24)14-10-4-7-23(9-13(10)21-22-14)16(25)12-8-18-5-6-19-12/h5-6,8,11H,3-4,7,9H2,1-2H3,(H,20,24)(H,21,22). The van der Waals surface area contributed by atoms with Crippen molar-refractivity contribution in [2.75, 3.05) is 13.7 Å². The number of hydrogen-bond donors (Lipinski definition) is 2. The predicted octanol–water partition coefficient (Wildman–Crippen LogP) is 0.0796. The molecule has 1 aliphatic rings. The highest BCUT2D eigenvalue weighted by Crippen LogP contribution is 2.21. The van der Waals surface area contributed by atoms with Crippen molar-refractivity contribution < 1.29 is 19.1 Å². The lowest BCUT2D eigenvalue weighted by atomic mass is 10.0. The minimum Gasteiger partial charge on any atom is -0.467 e. The molecule has 1 unspecified atom stereocenters. The summed E-state index contributed by atoms with van der Waals surface area (Å²) in [7, 11) is 1.27. The van der Waals surface area contributed by atoms with Crippen LogP contribution in [0.25, 0.3) is 0 Å². The van der Waals surface area contributed by atoms with E-state index in [0.717, 1.165) is 5.56 Å². The molecular formula is C17H20N6O4. The van der Waals surface area contributed by atoms with Gasteiger partial charge in [-0.1, -0.05) is 6.92 Å². The van der Waals surface area contributed by atoms with Crippen LogP contribution < -0.4 is 5.32 Å². The molecule has 2 amide bonds. The first kappa shape index (κ1) is 18.5. The van der Waals surface area contributed by atoms with Gasteiger partial charge in [0.1, 0.15) is 11.7 Å². The van der Waals surface area contributed by atoms with E-state index >= 15 is 0 Å². The van der Waals surface area contributed by atoms with Gasteiger partial charge in [-0.05, 0) is 12.8 Å². The largest absolute Gasteiger partial charge is 0.467 e. The van der Waals surface area contributed by atoms with Crippen molar-refractivity contribution in [2.24, 2.45) is 0 Å². The van der Waals surface area contributed by atoms with E-state index in [9.17, 15) is 14.4 Å². The van der Waals surface area contributed by atoms with E-state index in [2.05, 4.69) is 30.2 Å². The Labute approximate surface area is 155 Å². The van der Waals surface area contributed by atoms with Gasteiger partial charge < -0.3 is 15.0 Å². The average Bonchev–Trinajstić information content (AvgIpc) is 3.14. The number of hydrogen-bond acceptors (Lipinski definition) is 7. The average molecular weight is 372 g/mol. The summed E-state index contributed by atoms with van der Waals surface area (Å²) in [5.74, 6) is -1.18. The highest BCUT2D eigenvalue weighted by Gasteiger charge is 2.30. The highest BCUT2D eigenvalue weighted by atomic mass is 16.5. The number of carbonyl (C=O) groups excluding carboxylic acids is 3. The van der Waals surface area contributed by atoms with E-state index in [0.29, 0.717) is 31.6 Å². The van der Waals surface area contributed by atoms with Gasteiger partial charge in [0.15, 0.2) is 5.69 Å². The maximum atomic E-state index is 12.5. The van der Waals surface area contributed by atoms with Crippen LogP contribution in [0.15, 0.2) is 18.6 Å². The molecule has 3 rings (SSSR count). The minimum absolute atomic E-state index is 0.230. The summed E-state index contributed by atoms with van der Waals surface area (Å²) < 4.78 is 4.68. The van der Waals surface area contributed by atoms with E-state index in [1.54, 1.807) is 11.8 Å². The number of aromatic nitrogens is 4. The Morgan fingerprint density at radius 1 is 1.37 bits per heavy atom. The van der Waals surface area contributed by atoms with Crippen molar-refractivity contribution in [2.45, 2.75) is 32.4 Å². The lowest BCUT2D eigenvalue weighted by Crippen LogP contribution is -2.42. The molecule has 1 aliphatic heterocycles. The van der Waals surface area contributed by atoms with Crippen molar-refractivity contribution >= 4 is 17.8 Å². The van der Waals surface area contributed by atoms with E-state index < -0.39 is 17.9 Å². The summed E-state index contributed by atoms with van der Waals surface area (Å²) in [5, 5.41) is 9.54. The van der Waals surface area contributed by atoms with Crippen LogP contribution in [0.4, 0.5) is 0 Å². The molecule has 10 heteroatoms. The molecule has 0 aromatic carbocycles. The molecule has 0 spiro atoms. The number of nitrogens with zero attached hydrogens (tertiary/aromatic N) is 4. The molecule has 2 N–H and O–H groups in total. The molecule has 0 fully saturated rings. The van der Waals surface area contributed by atoms with Gasteiger partial charge in [-0.2, -0.15) is 5.10 Å². The second-order valence-electron chi connectivity index (χ2n) is 6.05. The third kappa shape index (κ3) is 3.78. The van der Waals surface area contributed by atoms with Crippen LogP contribution in [-0.4, -0.2) is 62.5 Å². The number of esters is 1. The highest BCUT2D eigenvalue weighted by molar-refractivity contribution is 5.97. The van der Waals surface area contributed by atoms with Crippen molar-refractivity contribution in [3.63, 3.8) is 0 Å². The lowest BCUT2D eigenvalue weighted by Gasteiger charge is -2.26. The Bertz CT molecular complexity index is 850. The number of rotatable bonds is 5. The van der Waals surface area contributed by atoms with Gasteiger partial charge in [0.2, 0.25) is 0 Å². The Morgan fingerprint density at radius 3 is 2.85 bits per heavy atom. The van der Waals surface area contributed by atoms with Gasteiger partial charge in [-0.25, -0.2) is 9.78 Å². The van der Waals surface area contributed by atoms with Crippen LogP contribution in [0.1, 0.15) is 45.6 Å². The number of carbonyl (C=O) groups is 3. The monoisotopic (exact) mass is 372 g/mol. The maximum Gasteiger partial charge on any atom is 0.328 e. The van der Waals surface area contributed by atoms with Crippen LogP contribution in [-0.2, 0) is 22.5 Å². The number of methoxy groups -OCH3 is 1. The second kappa shape index (κ2) is 7.94. The molecule has 27 heavy (non-hydrogen) atoms. The van der Waals surface area contributed by atoms with Crippen LogP contribution in [0.3, 0.4) is 0 Å². The summed E-state index contributed by atoms with van der Waals surface area (Å²) in [6, 6.07) is -0.729. The predicted molar refractivity (Wildman–Crippen MR) is 92.6 cm³/mol. The Kier molecular flexibility index (Phi) is 5.43. The number of ether oxygens (including phenoxy) is 1. The molecule has 0 saturated carbocycles. The molecule has 3 heterocycles. The molecule has 0 aliphatic carbocycles. The SMILES string of the molecule is CCC(NC(=O)c1n[nH]c2c1CCN(C(=O)c1cnccn1)C2)C(=O)OC. The fraction of sp³-hybridized carbons (Fsp3) is 0.412. The van der Waals surface area contributed by atoms with Gasteiger partial charge in [-0.3, -0.25) is 19.7 Å². The summed E-state index contributed by atoms with van der Waals surface area (Å²) >= 11 is 0. The Balaban J connectivity index is 1.72. The number of nitrogens with one attached hydrogen (secondary N) is 2. The normalized spacial score (nSPS) is 14.2. The zero-order valence-electron chi connectivity index (χ0n) is 15.1. The zero-order valence-corrected chi connectivity index (χ0v) is 15.1. The Morgan fingerprint density at radius 2 is 2.19 bits per heavy atom. The van der Waals surface area contributed by atoms with Crippen molar-refractivity contribution in [3.8, 4) is 0 Å². The molecule has 0 radical (unpaired) electrons. The fourth-order valence-electron chi connectivity index (χ4n) is 2.95. The molecule has 10 nitrogen and oxygen atoms in total. The van der Waals surface area contributed by atoms with Gasteiger partial charge >= 0.3 is 5.97 Å². The summed E-state index contributed by atoms with van der Waals surface area (Å²) in [5.41, 5.74) is 1.94. The van der Waals surface area contributed by atoms with Crippen LogP contribution in [0.5, 0.6) is 0 Å². The number of aromatic amines is 1. The second-order valence-corrected chi connectivity index (χ2v) is 6.05. The number of amides is 2. The first-order valence-corrected chi connectivity index (χ1v) is 8.55. The topological polar surface area (TPSA) is 130 Å². The van der Waals surface area contributed by atoms with Crippen LogP contribution in [0.2, 0.25) is 0 Å². The van der Waals surface area contributed by atoms with Gasteiger partial charge in [0.05, 0.1) is 25.5 Å². The molecule has 0 saturated heterocycles. The minimum atomic E-state index is -0.729. The molecule has 0 bridgehead atoms. The Hall–Kier alpha value is -3.30. The first-order chi connectivity index (χ1) is 13.0.